The van der Waals surface area contributed by atoms with Crippen molar-refractivity contribution in [3.63, 3.8) is 0 Å². The zero-order chi connectivity index (χ0) is 23.4. The number of thioether (sulfide) groups is 1. The van der Waals surface area contributed by atoms with Crippen molar-refractivity contribution < 1.29 is 14.0 Å². The van der Waals surface area contributed by atoms with Crippen molar-refractivity contribution in [1.29, 1.82) is 5.26 Å². The Morgan fingerprint density at radius 2 is 1.91 bits per heavy atom. The van der Waals surface area contributed by atoms with Gasteiger partial charge in [0, 0.05) is 10.2 Å². The molecule has 0 spiro atoms. The molecule has 1 aliphatic rings. The van der Waals surface area contributed by atoms with Gasteiger partial charge in [-0.25, -0.2) is 0 Å². The number of amides is 2. The van der Waals surface area contributed by atoms with Gasteiger partial charge in [0.05, 0.1) is 18.1 Å². The zero-order valence-electron chi connectivity index (χ0n) is 17.7. The molecule has 8 heteroatoms. The SMILES string of the molecule is Cc1ccc(N2C(=O)[C@@H](Cc3ccc(Br)cc3)S/C2=C(\C#N)C(=O)NCc2ccco2)cc1. The maximum Gasteiger partial charge on any atom is 0.265 e. The van der Waals surface area contributed by atoms with Gasteiger partial charge in [-0.05, 0) is 55.3 Å². The van der Waals surface area contributed by atoms with Crippen LogP contribution in [-0.2, 0) is 22.6 Å². The summed E-state index contributed by atoms with van der Waals surface area (Å²) in [6.45, 7) is 2.11. The minimum atomic E-state index is -0.550. The van der Waals surface area contributed by atoms with Gasteiger partial charge in [0.2, 0.25) is 5.91 Å². The van der Waals surface area contributed by atoms with Crippen LogP contribution in [-0.4, -0.2) is 17.1 Å². The van der Waals surface area contributed by atoms with Crippen molar-refractivity contribution in [3.8, 4) is 6.07 Å². The second-order valence-electron chi connectivity index (χ2n) is 7.50. The molecule has 0 saturated carbocycles. The summed E-state index contributed by atoms with van der Waals surface area (Å²) in [6, 6.07) is 20.7. The molecule has 33 heavy (non-hydrogen) atoms. The lowest BCUT2D eigenvalue weighted by Crippen LogP contribution is -2.32. The number of rotatable bonds is 6. The lowest BCUT2D eigenvalue weighted by atomic mass is 10.1. The number of halogens is 1. The standard InChI is InChI=1S/C25H20BrN3O3S/c1-16-4-10-19(11-5-16)29-24(31)22(13-17-6-8-18(26)9-7-17)33-25(29)21(14-27)23(30)28-15-20-3-2-12-32-20/h2-12,22H,13,15H2,1H3,(H,28,30)/b25-21+/t22-/m1/s1. The van der Waals surface area contributed by atoms with Crippen molar-refractivity contribution in [1.82, 2.24) is 5.32 Å². The van der Waals surface area contributed by atoms with Gasteiger partial charge in [-0.15, -0.1) is 0 Å². The topological polar surface area (TPSA) is 86.3 Å². The third-order valence-electron chi connectivity index (χ3n) is 5.14. The summed E-state index contributed by atoms with van der Waals surface area (Å²) in [5.41, 5.74) is 2.57. The molecule has 0 radical (unpaired) electrons. The molecular formula is C25H20BrN3O3S. The highest BCUT2D eigenvalue weighted by Crippen LogP contribution is 2.42. The Bertz CT molecular complexity index is 1230. The van der Waals surface area contributed by atoms with E-state index in [1.165, 1.54) is 22.9 Å². The molecule has 166 valence electrons. The normalized spacial score (nSPS) is 17.1. The van der Waals surface area contributed by atoms with E-state index in [4.69, 9.17) is 4.42 Å². The van der Waals surface area contributed by atoms with E-state index in [0.717, 1.165) is 15.6 Å². The first-order valence-electron chi connectivity index (χ1n) is 10.2. The van der Waals surface area contributed by atoms with Gasteiger partial charge in [-0.3, -0.25) is 14.5 Å². The number of carbonyl (C=O) groups is 2. The van der Waals surface area contributed by atoms with Crippen LogP contribution in [0.5, 0.6) is 0 Å². The molecule has 4 rings (SSSR count). The average molecular weight is 522 g/mol. The molecule has 2 amide bonds. The van der Waals surface area contributed by atoms with Crippen molar-refractivity contribution >= 4 is 45.2 Å². The lowest BCUT2D eigenvalue weighted by molar-refractivity contribution is -0.117. The van der Waals surface area contributed by atoms with E-state index in [9.17, 15) is 14.9 Å². The number of hydrogen-bond acceptors (Lipinski definition) is 5. The Hall–Kier alpha value is -3.28. The first kappa shape index (κ1) is 22.9. The highest BCUT2D eigenvalue weighted by atomic mass is 79.9. The van der Waals surface area contributed by atoms with Crippen LogP contribution in [0.4, 0.5) is 5.69 Å². The van der Waals surface area contributed by atoms with Crippen molar-refractivity contribution in [2.45, 2.75) is 25.1 Å². The highest BCUT2D eigenvalue weighted by molar-refractivity contribution is 9.10. The number of nitrogens with one attached hydrogen (secondary N) is 1. The fourth-order valence-electron chi connectivity index (χ4n) is 3.42. The van der Waals surface area contributed by atoms with Crippen molar-refractivity contribution in [3.05, 3.63) is 98.9 Å². The largest absolute Gasteiger partial charge is 0.467 e. The van der Waals surface area contributed by atoms with E-state index in [1.54, 1.807) is 12.1 Å². The van der Waals surface area contributed by atoms with E-state index in [0.29, 0.717) is 22.9 Å². The number of benzene rings is 2. The van der Waals surface area contributed by atoms with Gasteiger partial charge < -0.3 is 9.73 Å². The molecule has 3 aromatic rings. The molecule has 0 unspecified atom stereocenters. The Labute approximate surface area is 204 Å². The maximum absolute atomic E-state index is 13.5. The average Bonchev–Trinajstić information content (AvgIpc) is 3.44. The Morgan fingerprint density at radius 1 is 1.18 bits per heavy atom. The summed E-state index contributed by atoms with van der Waals surface area (Å²) < 4.78 is 6.20. The van der Waals surface area contributed by atoms with Crippen molar-refractivity contribution in [2.75, 3.05) is 4.90 Å². The van der Waals surface area contributed by atoms with Crippen LogP contribution in [0, 0.1) is 18.3 Å². The van der Waals surface area contributed by atoms with E-state index < -0.39 is 11.2 Å². The van der Waals surface area contributed by atoms with E-state index >= 15 is 0 Å². The quantitative estimate of drug-likeness (QED) is 0.360. The first-order chi connectivity index (χ1) is 16.0. The number of nitriles is 1. The second-order valence-corrected chi connectivity index (χ2v) is 9.61. The molecule has 1 N–H and O–H groups in total. The zero-order valence-corrected chi connectivity index (χ0v) is 20.2. The van der Waals surface area contributed by atoms with E-state index in [-0.39, 0.29) is 18.0 Å². The molecule has 1 aromatic heterocycles. The van der Waals surface area contributed by atoms with Gasteiger partial charge in [-0.2, -0.15) is 5.26 Å². The van der Waals surface area contributed by atoms with Gasteiger partial charge in [0.25, 0.3) is 5.91 Å². The summed E-state index contributed by atoms with van der Waals surface area (Å²) in [5.74, 6) is -0.136. The number of carbonyl (C=O) groups excluding carboxylic acids is 2. The first-order valence-corrected chi connectivity index (χ1v) is 11.9. The molecular weight excluding hydrogens is 502 g/mol. The van der Waals surface area contributed by atoms with Crippen LogP contribution in [0.2, 0.25) is 0 Å². The fraction of sp³-hybridized carbons (Fsp3) is 0.160. The summed E-state index contributed by atoms with van der Waals surface area (Å²) in [5, 5.41) is 12.5. The summed E-state index contributed by atoms with van der Waals surface area (Å²) >= 11 is 4.67. The summed E-state index contributed by atoms with van der Waals surface area (Å²) in [7, 11) is 0. The smallest absolute Gasteiger partial charge is 0.265 e. The van der Waals surface area contributed by atoms with Crippen molar-refractivity contribution in [2.24, 2.45) is 0 Å². The van der Waals surface area contributed by atoms with E-state index in [2.05, 4.69) is 21.2 Å². The van der Waals surface area contributed by atoms with Gasteiger partial charge >= 0.3 is 0 Å². The number of nitrogens with zero attached hydrogens (tertiary/aromatic N) is 2. The molecule has 1 fully saturated rings. The van der Waals surface area contributed by atoms with Gasteiger partial charge in [-0.1, -0.05) is 57.5 Å². The molecule has 2 aromatic carbocycles. The number of anilines is 1. The monoisotopic (exact) mass is 521 g/mol. The fourth-order valence-corrected chi connectivity index (χ4v) is 4.99. The van der Waals surface area contributed by atoms with Gasteiger partial charge in [0.15, 0.2) is 0 Å². The molecule has 2 heterocycles. The van der Waals surface area contributed by atoms with Crippen LogP contribution in [0.15, 0.2) is 86.4 Å². The second kappa shape index (κ2) is 10.1. The van der Waals surface area contributed by atoms with Crippen LogP contribution >= 0.6 is 27.7 Å². The highest BCUT2D eigenvalue weighted by Gasteiger charge is 2.40. The summed E-state index contributed by atoms with van der Waals surface area (Å²) in [4.78, 5) is 27.9. The summed E-state index contributed by atoms with van der Waals surface area (Å²) in [6.07, 6.45) is 2.00. The number of hydrogen-bond donors (Lipinski definition) is 1. The molecule has 0 bridgehead atoms. The Morgan fingerprint density at radius 3 is 2.55 bits per heavy atom. The maximum atomic E-state index is 13.5. The predicted molar refractivity (Wildman–Crippen MR) is 131 cm³/mol. The lowest BCUT2D eigenvalue weighted by Gasteiger charge is -2.19. The predicted octanol–water partition coefficient (Wildman–Crippen LogP) is 5.09. The molecule has 0 aliphatic carbocycles. The molecule has 1 saturated heterocycles. The number of furan rings is 1. The minimum absolute atomic E-state index is 0.0983. The Balaban J connectivity index is 1.67. The molecule has 1 atom stereocenters. The van der Waals surface area contributed by atoms with Crippen LogP contribution in [0.25, 0.3) is 0 Å². The number of aryl methyl sites for hydroxylation is 1. The molecule has 1 aliphatic heterocycles. The van der Waals surface area contributed by atoms with Crippen LogP contribution in [0.1, 0.15) is 16.9 Å². The third kappa shape index (κ3) is 5.21. The third-order valence-corrected chi connectivity index (χ3v) is 6.93. The van der Waals surface area contributed by atoms with Crippen LogP contribution in [0.3, 0.4) is 0 Å². The minimum Gasteiger partial charge on any atom is -0.467 e. The van der Waals surface area contributed by atoms with Crippen LogP contribution < -0.4 is 10.2 Å². The van der Waals surface area contributed by atoms with E-state index in [1.807, 2.05) is 61.5 Å². The molecule has 6 nitrogen and oxygen atoms in total. The Kier molecular flexibility index (Phi) is 7.02. The van der Waals surface area contributed by atoms with Gasteiger partial charge in [0.1, 0.15) is 22.4 Å².